The molecule has 23 heavy (non-hydrogen) atoms. The van der Waals surface area contributed by atoms with E-state index in [2.05, 4.69) is 10.3 Å². The molecule has 0 saturated carbocycles. The second kappa shape index (κ2) is 6.30. The summed E-state index contributed by atoms with van der Waals surface area (Å²) < 4.78 is 11.0. The quantitative estimate of drug-likeness (QED) is 0.778. The maximum absolute atomic E-state index is 12.2. The lowest BCUT2D eigenvalue weighted by atomic mass is 10.2. The molecule has 2 aromatic carbocycles. The van der Waals surface area contributed by atoms with Gasteiger partial charge in [-0.1, -0.05) is 17.7 Å². The van der Waals surface area contributed by atoms with Crippen LogP contribution < -0.4 is 10.1 Å². The molecule has 1 amide bonds. The molecule has 1 atom stereocenters. The minimum atomic E-state index is -0.664. The Kier molecular flexibility index (Phi) is 4.21. The first-order valence-corrected chi connectivity index (χ1v) is 7.49. The van der Waals surface area contributed by atoms with Crippen molar-refractivity contribution in [3.63, 3.8) is 0 Å². The number of hydrogen-bond donors (Lipinski definition) is 1. The van der Waals surface area contributed by atoms with Gasteiger partial charge in [0, 0.05) is 17.6 Å². The van der Waals surface area contributed by atoms with Crippen LogP contribution in [0.15, 0.2) is 46.9 Å². The molecule has 118 valence electrons. The zero-order valence-corrected chi connectivity index (χ0v) is 13.4. The molecule has 0 fully saturated rings. The van der Waals surface area contributed by atoms with Crippen LogP contribution in [0.5, 0.6) is 5.75 Å². The van der Waals surface area contributed by atoms with Crippen molar-refractivity contribution < 1.29 is 13.9 Å². The van der Waals surface area contributed by atoms with Crippen LogP contribution >= 0.6 is 11.6 Å². The van der Waals surface area contributed by atoms with Crippen LogP contribution in [0.3, 0.4) is 0 Å². The lowest BCUT2D eigenvalue weighted by Gasteiger charge is -2.14. The van der Waals surface area contributed by atoms with Gasteiger partial charge in [-0.25, -0.2) is 4.98 Å². The Bertz CT molecular complexity index is 860. The number of hydrogen-bond acceptors (Lipinski definition) is 4. The molecule has 1 N–H and O–H groups in total. The molecule has 3 aromatic rings. The monoisotopic (exact) mass is 330 g/mol. The number of carbonyl (C=O) groups is 1. The summed E-state index contributed by atoms with van der Waals surface area (Å²) in [6.07, 6.45) is -0.664. The van der Waals surface area contributed by atoms with E-state index in [0.29, 0.717) is 33.4 Å². The first kappa shape index (κ1) is 15.4. The summed E-state index contributed by atoms with van der Waals surface area (Å²) in [5.74, 6) is 0.869. The molecule has 0 unspecified atom stereocenters. The summed E-state index contributed by atoms with van der Waals surface area (Å²) >= 11 is 5.90. The van der Waals surface area contributed by atoms with Crippen molar-refractivity contribution in [1.29, 1.82) is 0 Å². The van der Waals surface area contributed by atoms with E-state index in [0.717, 1.165) is 0 Å². The number of rotatable bonds is 4. The Labute approximate surface area is 138 Å². The van der Waals surface area contributed by atoms with Crippen molar-refractivity contribution in [2.75, 3.05) is 5.32 Å². The number of oxazole rings is 1. The standard InChI is InChI=1S/C17H15ClN2O3/c1-10(22-14-5-3-4-12(18)8-14)17(21)20-13-6-7-16-15(9-13)19-11(2)23-16/h3-10H,1-2H3,(H,20,21)/t10-/m1/s1. The van der Waals surface area contributed by atoms with Crippen LogP contribution in [-0.2, 0) is 4.79 Å². The molecule has 0 spiro atoms. The molecule has 1 heterocycles. The number of aromatic nitrogens is 1. The van der Waals surface area contributed by atoms with E-state index in [-0.39, 0.29) is 5.91 Å². The zero-order valence-electron chi connectivity index (χ0n) is 12.7. The predicted octanol–water partition coefficient (Wildman–Crippen LogP) is 4.20. The van der Waals surface area contributed by atoms with Crippen LogP contribution in [0.2, 0.25) is 5.02 Å². The van der Waals surface area contributed by atoms with Crippen LogP contribution in [0.4, 0.5) is 5.69 Å². The van der Waals surface area contributed by atoms with E-state index in [1.807, 2.05) is 0 Å². The van der Waals surface area contributed by atoms with Gasteiger partial charge >= 0.3 is 0 Å². The summed E-state index contributed by atoms with van der Waals surface area (Å²) in [7, 11) is 0. The number of benzene rings is 2. The molecule has 0 saturated heterocycles. The average Bonchev–Trinajstić information content (AvgIpc) is 2.86. The van der Waals surface area contributed by atoms with Gasteiger partial charge in [0.2, 0.25) is 0 Å². The Morgan fingerprint density at radius 1 is 1.30 bits per heavy atom. The van der Waals surface area contributed by atoms with Gasteiger partial charge in [0.1, 0.15) is 11.3 Å². The fraction of sp³-hybridized carbons (Fsp3) is 0.176. The summed E-state index contributed by atoms with van der Waals surface area (Å²) in [5.41, 5.74) is 2.02. The second-order valence-electron chi connectivity index (χ2n) is 5.12. The van der Waals surface area contributed by atoms with E-state index in [4.69, 9.17) is 20.8 Å². The lowest BCUT2D eigenvalue weighted by molar-refractivity contribution is -0.122. The fourth-order valence-electron chi connectivity index (χ4n) is 2.16. The number of nitrogens with zero attached hydrogens (tertiary/aromatic N) is 1. The number of aryl methyl sites for hydroxylation is 1. The molecular formula is C17H15ClN2O3. The van der Waals surface area contributed by atoms with Crippen molar-refractivity contribution in [2.45, 2.75) is 20.0 Å². The van der Waals surface area contributed by atoms with Crippen molar-refractivity contribution in [3.8, 4) is 5.75 Å². The van der Waals surface area contributed by atoms with Gasteiger partial charge in [0.05, 0.1) is 0 Å². The summed E-state index contributed by atoms with van der Waals surface area (Å²) in [6.45, 7) is 3.45. The normalized spacial score (nSPS) is 12.1. The highest BCUT2D eigenvalue weighted by Gasteiger charge is 2.15. The Hall–Kier alpha value is -2.53. The van der Waals surface area contributed by atoms with E-state index >= 15 is 0 Å². The van der Waals surface area contributed by atoms with Crippen molar-refractivity contribution >= 4 is 34.3 Å². The number of nitrogens with one attached hydrogen (secondary N) is 1. The highest BCUT2D eigenvalue weighted by molar-refractivity contribution is 6.30. The summed E-state index contributed by atoms with van der Waals surface area (Å²) in [4.78, 5) is 16.5. The third-order valence-corrected chi connectivity index (χ3v) is 3.48. The average molecular weight is 331 g/mol. The van der Waals surface area contributed by atoms with E-state index in [1.165, 1.54) is 0 Å². The number of amides is 1. The SMILES string of the molecule is Cc1nc2cc(NC(=O)[C@@H](C)Oc3cccc(Cl)c3)ccc2o1. The molecule has 3 rings (SSSR count). The largest absolute Gasteiger partial charge is 0.481 e. The summed E-state index contributed by atoms with van der Waals surface area (Å²) in [5, 5.41) is 3.36. The van der Waals surface area contributed by atoms with Crippen LogP contribution in [0.1, 0.15) is 12.8 Å². The maximum atomic E-state index is 12.2. The molecule has 1 aromatic heterocycles. The molecule has 0 radical (unpaired) electrons. The lowest BCUT2D eigenvalue weighted by Crippen LogP contribution is -2.30. The van der Waals surface area contributed by atoms with Gasteiger partial charge in [-0.3, -0.25) is 4.79 Å². The van der Waals surface area contributed by atoms with Crippen LogP contribution in [0.25, 0.3) is 11.1 Å². The maximum Gasteiger partial charge on any atom is 0.265 e. The van der Waals surface area contributed by atoms with Gasteiger partial charge in [-0.2, -0.15) is 0 Å². The van der Waals surface area contributed by atoms with Crippen LogP contribution in [-0.4, -0.2) is 17.0 Å². The topological polar surface area (TPSA) is 64.4 Å². The van der Waals surface area contributed by atoms with E-state index < -0.39 is 6.10 Å². The molecular weight excluding hydrogens is 316 g/mol. The third-order valence-electron chi connectivity index (χ3n) is 3.24. The first-order chi connectivity index (χ1) is 11.0. The second-order valence-corrected chi connectivity index (χ2v) is 5.56. The molecule has 0 aliphatic rings. The van der Waals surface area contributed by atoms with Crippen molar-refractivity contribution in [1.82, 2.24) is 4.98 Å². The first-order valence-electron chi connectivity index (χ1n) is 7.11. The summed E-state index contributed by atoms with van der Waals surface area (Å²) in [6, 6.07) is 12.2. The minimum Gasteiger partial charge on any atom is -0.481 e. The zero-order chi connectivity index (χ0) is 16.4. The number of fused-ring (bicyclic) bond motifs is 1. The van der Waals surface area contributed by atoms with E-state index in [1.54, 1.807) is 56.3 Å². The number of carbonyl (C=O) groups excluding carboxylic acids is 1. The highest BCUT2D eigenvalue weighted by atomic mass is 35.5. The van der Waals surface area contributed by atoms with Crippen molar-refractivity contribution in [2.24, 2.45) is 0 Å². The number of ether oxygens (including phenoxy) is 1. The molecule has 5 nitrogen and oxygen atoms in total. The van der Waals surface area contributed by atoms with E-state index in [9.17, 15) is 4.79 Å². The van der Waals surface area contributed by atoms with Crippen LogP contribution in [0, 0.1) is 6.92 Å². The molecule has 0 aliphatic heterocycles. The van der Waals surface area contributed by atoms with Gasteiger partial charge in [-0.15, -0.1) is 0 Å². The highest BCUT2D eigenvalue weighted by Crippen LogP contribution is 2.21. The van der Waals surface area contributed by atoms with Gasteiger partial charge in [0.25, 0.3) is 5.91 Å². The Balaban J connectivity index is 1.69. The van der Waals surface area contributed by atoms with Gasteiger partial charge in [0.15, 0.2) is 17.6 Å². The van der Waals surface area contributed by atoms with Gasteiger partial charge in [-0.05, 0) is 43.3 Å². The smallest absolute Gasteiger partial charge is 0.265 e. The van der Waals surface area contributed by atoms with Crippen molar-refractivity contribution in [3.05, 3.63) is 53.4 Å². The minimum absolute atomic E-state index is 0.260. The molecule has 0 bridgehead atoms. The molecule has 6 heteroatoms. The Morgan fingerprint density at radius 2 is 2.13 bits per heavy atom. The van der Waals surface area contributed by atoms with Gasteiger partial charge < -0.3 is 14.5 Å². The molecule has 0 aliphatic carbocycles. The number of anilines is 1. The third kappa shape index (κ3) is 3.63. The predicted molar refractivity (Wildman–Crippen MR) is 88.9 cm³/mol. The Morgan fingerprint density at radius 3 is 2.91 bits per heavy atom. The number of halogens is 1. The fourth-order valence-corrected chi connectivity index (χ4v) is 2.34.